The van der Waals surface area contributed by atoms with Crippen LogP contribution in [0.2, 0.25) is 0 Å². The highest BCUT2D eigenvalue weighted by Gasteiger charge is 2.26. The minimum absolute atomic E-state index is 0.170. The van der Waals surface area contributed by atoms with Gasteiger partial charge >= 0.3 is 0 Å². The van der Waals surface area contributed by atoms with Gasteiger partial charge in [0.1, 0.15) is 0 Å². The summed E-state index contributed by atoms with van der Waals surface area (Å²) < 4.78 is 25.0. The Hall–Kier alpha value is -0.130. The van der Waals surface area contributed by atoms with Gasteiger partial charge in [0.2, 0.25) is 0 Å². The van der Waals surface area contributed by atoms with E-state index < -0.39 is 9.84 Å². The van der Waals surface area contributed by atoms with E-state index in [9.17, 15) is 8.42 Å². The van der Waals surface area contributed by atoms with Crippen molar-refractivity contribution in [2.75, 3.05) is 37.7 Å². The monoisotopic (exact) mass is 316 g/mol. The molecule has 2 aliphatic heterocycles. The molecule has 2 atom stereocenters. The summed E-state index contributed by atoms with van der Waals surface area (Å²) in [5.74, 6) is 0.649. The van der Waals surface area contributed by atoms with E-state index in [4.69, 9.17) is 0 Å². The molecule has 0 unspecified atom stereocenters. The molecule has 0 aliphatic carbocycles. The van der Waals surface area contributed by atoms with E-state index in [0.29, 0.717) is 11.5 Å². The molecule has 2 heterocycles. The molecule has 0 aromatic rings. The van der Waals surface area contributed by atoms with Crippen molar-refractivity contribution in [1.29, 1.82) is 0 Å². The van der Waals surface area contributed by atoms with Crippen LogP contribution in [0.1, 0.15) is 52.4 Å². The predicted molar refractivity (Wildman–Crippen MR) is 88.4 cm³/mol. The first-order valence-electron chi connectivity index (χ1n) is 8.66. The average molecular weight is 317 g/mol. The molecule has 4 nitrogen and oxygen atoms in total. The first kappa shape index (κ1) is 17.2. The summed E-state index contributed by atoms with van der Waals surface area (Å²) in [6, 6.07) is 0.340. The topological polar surface area (TPSA) is 40.6 Å². The van der Waals surface area contributed by atoms with Crippen LogP contribution in [0.4, 0.5) is 0 Å². The van der Waals surface area contributed by atoms with Crippen molar-refractivity contribution in [3.05, 3.63) is 0 Å². The van der Waals surface area contributed by atoms with E-state index in [1.54, 1.807) is 0 Å². The smallest absolute Gasteiger partial charge is 0.153 e. The molecule has 2 rings (SSSR count). The van der Waals surface area contributed by atoms with Gasteiger partial charge in [0, 0.05) is 12.1 Å². The van der Waals surface area contributed by atoms with E-state index in [1.165, 1.54) is 38.5 Å². The van der Waals surface area contributed by atoms with Crippen molar-refractivity contribution in [2.45, 2.75) is 64.5 Å². The quantitative estimate of drug-likeness (QED) is 0.753. The van der Waals surface area contributed by atoms with Gasteiger partial charge in [-0.1, -0.05) is 12.8 Å². The number of piperidine rings is 2. The fourth-order valence-electron chi connectivity index (χ4n) is 3.73. The summed E-state index contributed by atoms with van der Waals surface area (Å²) in [5.41, 5.74) is 0. The third-order valence-corrected chi connectivity index (χ3v) is 7.00. The third-order valence-electron chi connectivity index (χ3n) is 5.02. The zero-order valence-corrected chi connectivity index (χ0v) is 14.6. The molecule has 2 saturated heterocycles. The highest BCUT2D eigenvalue weighted by Crippen LogP contribution is 2.16. The van der Waals surface area contributed by atoms with Gasteiger partial charge < -0.3 is 0 Å². The van der Waals surface area contributed by atoms with Crippen LogP contribution < -0.4 is 0 Å². The molecule has 5 heteroatoms. The van der Waals surface area contributed by atoms with Gasteiger partial charge in [-0.25, -0.2) is 8.42 Å². The van der Waals surface area contributed by atoms with Gasteiger partial charge in [0.15, 0.2) is 9.84 Å². The second kappa shape index (κ2) is 7.93. The first-order chi connectivity index (χ1) is 9.98. The summed E-state index contributed by atoms with van der Waals surface area (Å²) >= 11 is 0. The van der Waals surface area contributed by atoms with Crippen LogP contribution >= 0.6 is 0 Å². The van der Waals surface area contributed by atoms with Crippen molar-refractivity contribution in [3.63, 3.8) is 0 Å². The highest BCUT2D eigenvalue weighted by molar-refractivity contribution is 7.91. The van der Waals surface area contributed by atoms with Crippen molar-refractivity contribution in [1.82, 2.24) is 9.80 Å². The molecule has 0 aromatic heterocycles. The Bertz CT molecular complexity index is 367. The van der Waals surface area contributed by atoms with Gasteiger partial charge in [0.25, 0.3) is 0 Å². The van der Waals surface area contributed by atoms with Crippen LogP contribution in [-0.2, 0) is 9.84 Å². The van der Waals surface area contributed by atoms with Crippen molar-refractivity contribution >= 4 is 9.84 Å². The van der Waals surface area contributed by atoms with Crippen LogP contribution in [0.15, 0.2) is 0 Å². The predicted octanol–water partition coefficient (Wildman–Crippen LogP) is 2.15. The van der Waals surface area contributed by atoms with E-state index in [1.807, 2.05) is 0 Å². The summed E-state index contributed by atoms with van der Waals surface area (Å²) in [6.07, 6.45) is 7.45. The van der Waals surface area contributed by atoms with Gasteiger partial charge in [0.05, 0.1) is 11.5 Å². The number of likely N-dealkylation sites (tertiary alicyclic amines) is 2. The first-order valence-corrected chi connectivity index (χ1v) is 10.5. The lowest BCUT2D eigenvalue weighted by Crippen LogP contribution is -2.45. The molecule has 0 saturated carbocycles. The maximum atomic E-state index is 12.5. The van der Waals surface area contributed by atoms with Crippen LogP contribution in [0.5, 0.6) is 0 Å². The second-order valence-electron chi connectivity index (χ2n) is 6.97. The minimum Gasteiger partial charge on any atom is -0.300 e. The van der Waals surface area contributed by atoms with Gasteiger partial charge in [-0.15, -0.1) is 0 Å². The largest absolute Gasteiger partial charge is 0.300 e. The van der Waals surface area contributed by atoms with Gasteiger partial charge in [-0.3, -0.25) is 9.80 Å². The van der Waals surface area contributed by atoms with E-state index in [-0.39, 0.29) is 12.1 Å². The average Bonchev–Trinajstić information content (AvgIpc) is 2.48. The Morgan fingerprint density at radius 3 is 1.38 bits per heavy atom. The molecule has 0 radical (unpaired) electrons. The zero-order chi connectivity index (χ0) is 15.3. The highest BCUT2D eigenvalue weighted by atomic mass is 32.2. The minimum atomic E-state index is -2.96. The lowest BCUT2D eigenvalue weighted by atomic mass is 10.1. The van der Waals surface area contributed by atoms with Gasteiger partial charge in [-0.05, 0) is 65.7 Å². The zero-order valence-electron chi connectivity index (χ0n) is 13.8. The summed E-state index contributed by atoms with van der Waals surface area (Å²) in [7, 11) is -2.96. The maximum Gasteiger partial charge on any atom is 0.153 e. The fraction of sp³-hybridized carbons (Fsp3) is 1.00. The number of hydrogen-bond donors (Lipinski definition) is 0. The molecular formula is C16H32N2O2S. The molecule has 21 heavy (non-hydrogen) atoms. The third kappa shape index (κ3) is 5.53. The molecule has 0 spiro atoms. The van der Waals surface area contributed by atoms with Crippen LogP contribution in [0, 0.1) is 0 Å². The van der Waals surface area contributed by atoms with Gasteiger partial charge in [-0.2, -0.15) is 0 Å². The fourth-order valence-corrected chi connectivity index (χ4v) is 5.76. The Labute approximate surface area is 130 Å². The molecule has 0 aromatic carbocycles. The number of rotatable bonds is 6. The Morgan fingerprint density at radius 1 is 0.714 bits per heavy atom. The lowest BCUT2D eigenvalue weighted by Gasteiger charge is -2.34. The Kier molecular flexibility index (Phi) is 6.51. The SMILES string of the molecule is C[C@H](CS(=O)(=O)C[C@@H](C)N1CCCCC1)N1CCCCC1. The molecule has 0 amide bonds. The number of sulfone groups is 1. The lowest BCUT2D eigenvalue weighted by molar-refractivity contribution is 0.182. The molecule has 2 aliphatic rings. The number of nitrogens with zero attached hydrogens (tertiary/aromatic N) is 2. The standard InChI is InChI=1S/C16H32N2O2S/c1-15(17-9-5-3-6-10-17)13-21(19,20)14-16(2)18-11-7-4-8-12-18/h15-16H,3-14H2,1-2H3/t15-,16-/m1/s1. The summed E-state index contributed by atoms with van der Waals surface area (Å²) in [4.78, 5) is 4.71. The molecule has 2 fully saturated rings. The van der Waals surface area contributed by atoms with Crippen molar-refractivity contribution < 1.29 is 8.42 Å². The van der Waals surface area contributed by atoms with Crippen LogP contribution in [0.3, 0.4) is 0 Å². The normalized spacial score (nSPS) is 25.6. The summed E-state index contributed by atoms with van der Waals surface area (Å²) in [6.45, 7) is 8.43. The Morgan fingerprint density at radius 2 is 1.05 bits per heavy atom. The number of hydrogen-bond acceptors (Lipinski definition) is 4. The van der Waals surface area contributed by atoms with Crippen molar-refractivity contribution in [3.8, 4) is 0 Å². The van der Waals surface area contributed by atoms with E-state index >= 15 is 0 Å². The molecule has 0 N–H and O–H groups in total. The molecular weight excluding hydrogens is 284 g/mol. The molecule has 0 bridgehead atoms. The molecule has 124 valence electrons. The van der Waals surface area contributed by atoms with E-state index in [2.05, 4.69) is 23.6 Å². The Balaban J connectivity index is 1.82. The van der Waals surface area contributed by atoms with Crippen molar-refractivity contribution in [2.24, 2.45) is 0 Å². The maximum absolute atomic E-state index is 12.5. The van der Waals surface area contributed by atoms with Crippen LogP contribution in [-0.4, -0.2) is 68.0 Å². The van der Waals surface area contributed by atoms with E-state index in [0.717, 1.165) is 26.2 Å². The summed E-state index contributed by atoms with van der Waals surface area (Å²) in [5, 5.41) is 0. The van der Waals surface area contributed by atoms with Crippen LogP contribution in [0.25, 0.3) is 0 Å². The second-order valence-corrected chi connectivity index (χ2v) is 9.12.